The van der Waals surface area contributed by atoms with E-state index in [1.807, 2.05) is 36.4 Å². The van der Waals surface area contributed by atoms with Gasteiger partial charge in [0, 0.05) is 17.7 Å². The van der Waals surface area contributed by atoms with Gasteiger partial charge in [-0.15, -0.1) is 0 Å². The van der Waals surface area contributed by atoms with E-state index in [2.05, 4.69) is 5.32 Å². The molecular formula is C24H29NO6S. The highest BCUT2D eigenvalue weighted by atomic mass is 32.2. The third kappa shape index (κ3) is 4.65. The molecule has 7 nitrogen and oxygen atoms in total. The van der Waals surface area contributed by atoms with E-state index in [1.54, 1.807) is 19.2 Å². The van der Waals surface area contributed by atoms with E-state index in [-0.39, 0.29) is 25.0 Å². The zero-order valence-electron chi connectivity index (χ0n) is 18.3. The highest BCUT2D eigenvalue weighted by Crippen LogP contribution is 2.38. The average Bonchev–Trinajstić information content (AvgIpc) is 3.31. The van der Waals surface area contributed by atoms with Crippen molar-refractivity contribution in [1.29, 1.82) is 0 Å². The zero-order valence-corrected chi connectivity index (χ0v) is 19.2. The number of hydrogen-bond acceptors (Lipinski definition) is 5. The SMILES string of the molecule is CCS(=O)(=O)C1(C(=O)N[C@@H](Cc2ccc(-c3ccccc3OC)cc2)C(=O)O)CCCC1. The number of benzene rings is 2. The van der Waals surface area contributed by atoms with Crippen molar-refractivity contribution in [3.63, 3.8) is 0 Å². The predicted octanol–water partition coefficient (Wildman–Crippen LogP) is 3.22. The van der Waals surface area contributed by atoms with Crippen molar-refractivity contribution in [2.24, 2.45) is 0 Å². The molecule has 2 N–H and O–H groups in total. The summed E-state index contributed by atoms with van der Waals surface area (Å²) in [6.07, 6.45) is 1.78. The number of carbonyl (C=O) groups is 2. The Labute approximate surface area is 188 Å². The molecule has 172 valence electrons. The first-order valence-corrected chi connectivity index (χ1v) is 12.4. The molecule has 32 heavy (non-hydrogen) atoms. The molecule has 0 aliphatic heterocycles. The number of nitrogens with one attached hydrogen (secondary N) is 1. The second-order valence-electron chi connectivity index (χ2n) is 8.07. The Kier molecular flexibility index (Phi) is 7.23. The van der Waals surface area contributed by atoms with Crippen LogP contribution in [0.1, 0.15) is 38.2 Å². The van der Waals surface area contributed by atoms with E-state index in [0.717, 1.165) is 22.4 Å². The van der Waals surface area contributed by atoms with Crippen LogP contribution in [0.3, 0.4) is 0 Å². The number of methoxy groups -OCH3 is 1. The van der Waals surface area contributed by atoms with Gasteiger partial charge in [-0.05, 0) is 30.0 Å². The number of carboxylic acid groups (broad SMARTS) is 1. The van der Waals surface area contributed by atoms with Gasteiger partial charge in [-0.3, -0.25) is 4.79 Å². The van der Waals surface area contributed by atoms with Crippen LogP contribution in [0.25, 0.3) is 11.1 Å². The number of hydrogen-bond donors (Lipinski definition) is 2. The summed E-state index contributed by atoms with van der Waals surface area (Å²) in [7, 11) is -2.06. The fourth-order valence-corrected chi connectivity index (χ4v) is 6.14. The van der Waals surface area contributed by atoms with Crippen LogP contribution in [0.5, 0.6) is 5.75 Å². The first kappa shape index (κ1) is 23.8. The average molecular weight is 460 g/mol. The minimum Gasteiger partial charge on any atom is -0.496 e. The Morgan fingerprint density at radius 1 is 1.09 bits per heavy atom. The second-order valence-corrected chi connectivity index (χ2v) is 10.7. The molecule has 1 saturated carbocycles. The van der Waals surface area contributed by atoms with Gasteiger partial charge >= 0.3 is 5.97 Å². The van der Waals surface area contributed by atoms with Crippen molar-refractivity contribution in [2.45, 2.75) is 49.8 Å². The van der Waals surface area contributed by atoms with E-state index in [1.165, 1.54) is 6.92 Å². The molecule has 0 saturated heterocycles. The first-order chi connectivity index (χ1) is 15.2. The second kappa shape index (κ2) is 9.73. The van der Waals surface area contributed by atoms with E-state index in [4.69, 9.17) is 4.74 Å². The Morgan fingerprint density at radius 2 is 1.72 bits per heavy atom. The molecule has 1 fully saturated rings. The molecule has 8 heteroatoms. The highest BCUT2D eigenvalue weighted by molar-refractivity contribution is 7.93. The Hall–Kier alpha value is -2.87. The van der Waals surface area contributed by atoms with Crippen LogP contribution in [0.2, 0.25) is 0 Å². The molecule has 0 spiro atoms. The van der Waals surface area contributed by atoms with Crippen LogP contribution in [-0.4, -0.2) is 49.1 Å². The van der Waals surface area contributed by atoms with E-state index in [0.29, 0.717) is 12.8 Å². The number of rotatable bonds is 9. The van der Waals surface area contributed by atoms with Gasteiger partial charge in [-0.2, -0.15) is 0 Å². The summed E-state index contributed by atoms with van der Waals surface area (Å²) in [5, 5.41) is 12.2. The Balaban J connectivity index is 1.79. The maximum absolute atomic E-state index is 13.0. The highest BCUT2D eigenvalue weighted by Gasteiger charge is 2.51. The number of aliphatic carboxylic acids is 1. The number of sulfone groups is 1. The fourth-order valence-electron chi connectivity index (χ4n) is 4.33. The van der Waals surface area contributed by atoms with E-state index >= 15 is 0 Å². The smallest absolute Gasteiger partial charge is 0.326 e. The molecule has 1 aliphatic carbocycles. The first-order valence-electron chi connectivity index (χ1n) is 10.7. The lowest BCUT2D eigenvalue weighted by Gasteiger charge is -2.28. The Bertz CT molecular complexity index is 1070. The summed E-state index contributed by atoms with van der Waals surface area (Å²) < 4.78 is 29.2. The van der Waals surface area contributed by atoms with Crippen molar-refractivity contribution >= 4 is 21.7 Å². The number of ether oxygens (including phenoxy) is 1. The maximum Gasteiger partial charge on any atom is 0.326 e. The van der Waals surface area contributed by atoms with Crippen molar-refractivity contribution in [1.82, 2.24) is 5.32 Å². The summed E-state index contributed by atoms with van der Waals surface area (Å²) in [4.78, 5) is 24.9. The summed E-state index contributed by atoms with van der Waals surface area (Å²) in [6, 6.07) is 13.7. The quantitative estimate of drug-likeness (QED) is 0.596. The third-order valence-corrected chi connectivity index (χ3v) is 8.76. The summed E-state index contributed by atoms with van der Waals surface area (Å²) in [6.45, 7) is 1.51. The molecule has 2 aromatic rings. The lowest BCUT2D eigenvalue weighted by Crippen LogP contribution is -2.55. The maximum atomic E-state index is 13.0. The molecule has 0 heterocycles. The number of carbonyl (C=O) groups excluding carboxylic acids is 1. The van der Waals surface area contributed by atoms with Gasteiger partial charge < -0.3 is 15.2 Å². The van der Waals surface area contributed by atoms with Crippen molar-refractivity contribution < 1.29 is 27.9 Å². The summed E-state index contributed by atoms with van der Waals surface area (Å²) in [5.74, 6) is -1.32. The van der Waals surface area contributed by atoms with Crippen LogP contribution in [0, 0.1) is 0 Å². The molecule has 2 aromatic carbocycles. The lowest BCUT2D eigenvalue weighted by molar-refractivity contribution is -0.142. The van der Waals surface area contributed by atoms with Gasteiger partial charge in [0.05, 0.1) is 7.11 Å². The monoisotopic (exact) mass is 459 g/mol. The molecule has 0 aromatic heterocycles. The summed E-state index contributed by atoms with van der Waals surface area (Å²) >= 11 is 0. The normalized spacial score (nSPS) is 16.3. The molecule has 1 aliphatic rings. The van der Waals surface area contributed by atoms with Gasteiger partial charge in [-0.1, -0.05) is 62.2 Å². The molecule has 0 radical (unpaired) electrons. The lowest BCUT2D eigenvalue weighted by atomic mass is 9.99. The minimum absolute atomic E-state index is 0.0511. The molecular weight excluding hydrogens is 430 g/mol. The van der Waals surface area contributed by atoms with Gasteiger partial charge in [0.1, 0.15) is 11.8 Å². The molecule has 3 rings (SSSR count). The van der Waals surface area contributed by atoms with Gasteiger partial charge in [-0.25, -0.2) is 13.2 Å². The van der Waals surface area contributed by atoms with Gasteiger partial charge in [0.15, 0.2) is 14.6 Å². The van der Waals surface area contributed by atoms with E-state index in [9.17, 15) is 23.1 Å². The van der Waals surface area contributed by atoms with Crippen LogP contribution >= 0.6 is 0 Å². The van der Waals surface area contributed by atoms with Gasteiger partial charge in [0.2, 0.25) is 5.91 Å². The number of amides is 1. The fraction of sp³-hybridized carbons (Fsp3) is 0.417. The van der Waals surface area contributed by atoms with Crippen molar-refractivity contribution in [3.05, 3.63) is 54.1 Å². The van der Waals surface area contributed by atoms with Crippen molar-refractivity contribution in [3.8, 4) is 16.9 Å². The zero-order chi connectivity index (χ0) is 23.4. The molecule has 1 amide bonds. The number of para-hydroxylation sites is 1. The molecule has 0 bridgehead atoms. The largest absolute Gasteiger partial charge is 0.496 e. The molecule has 1 atom stereocenters. The summed E-state index contributed by atoms with van der Waals surface area (Å²) in [5.41, 5.74) is 2.55. The van der Waals surface area contributed by atoms with Crippen molar-refractivity contribution in [2.75, 3.05) is 12.9 Å². The van der Waals surface area contributed by atoms with E-state index < -0.39 is 32.5 Å². The predicted molar refractivity (Wildman–Crippen MR) is 122 cm³/mol. The molecule has 0 unspecified atom stereocenters. The van der Waals surface area contributed by atoms with Crippen LogP contribution < -0.4 is 10.1 Å². The van der Waals surface area contributed by atoms with Crippen LogP contribution in [0.4, 0.5) is 0 Å². The third-order valence-electron chi connectivity index (χ3n) is 6.22. The van der Waals surface area contributed by atoms with Crippen LogP contribution in [-0.2, 0) is 25.8 Å². The minimum atomic E-state index is -3.66. The number of carboxylic acids is 1. The Morgan fingerprint density at radius 3 is 2.28 bits per heavy atom. The van der Waals surface area contributed by atoms with Crippen LogP contribution in [0.15, 0.2) is 48.5 Å². The standard InChI is InChI=1S/C24H29NO6S/c1-3-32(29,30)24(14-6-7-15-24)23(28)25-20(22(26)27)16-17-10-12-18(13-11-17)19-8-4-5-9-21(19)31-2/h4-5,8-13,20H,3,6-7,14-16H2,1-2H3,(H,25,28)(H,26,27)/t20-/m0/s1. The van der Waals surface area contributed by atoms with Gasteiger partial charge in [0.25, 0.3) is 0 Å². The topological polar surface area (TPSA) is 110 Å².